The number of benzene rings is 3. The number of hydrogen-bond acceptors (Lipinski definition) is 4. The van der Waals surface area contributed by atoms with Crippen LogP contribution in [-0.4, -0.2) is 43.8 Å². The molecule has 3 aromatic carbocycles. The van der Waals surface area contributed by atoms with E-state index < -0.39 is 28.5 Å². The normalized spacial score (nSPS) is 12.2. The van der Waals surface area contributed by atoms with Crippen LogP contribution < -0.4 is 9.62 Å². The number of carbonyl (C=O) groups is 2. The van der Waals surface area contributed by atoms with Crippen molar-refractivity contribution in [2.24, 2.45) is 0 Å². The minimum Gasteiger partial charge on any atom is -0.352 e. The number of halogens is 2. The van der Waals surface area contributed by atoms with Crippen LogP contribution >= 0.6 is 23.2 Å². The summed E-state index contributed by atoms with van der Waals surface area (Å²) < 4.78 is 28.7. The molecule has 0 bridgehead atoms. The lowest BCUT2D eigenvalue weighted by molar-refractivity contribution is -0.140. The molecule has 0 aliphatic carbocycles. The number of anilines is 1. The van der Waals surface area contributed by atoms with Gasteiger partial charge in [0.1, 0.15) is 12.6 Å². The highest BCUT2D eigenvalue weighted by molar-refractivity contribution is 7.92. The van der Waals surface area contributed by atoms with Crippen LogP contribution in [0.3, 0.4) is 0 Å². The monoisotopic (exact) mass is 589 g/mol. The van der Waals surface area contributed by atoms with E-state index in [0.717, 1.165) is 15.4 Å². The molecule has 0 heterocycles. The van der Waals surface area contributed by atoms with Gasteiger partial charge in [0, 0.05) is 22.6 Å². The second kappa shape index (κ2) is 13.3. The zero-order chi connectivity index (χ0) is 28.7. The van der Waals surface area contributed by atoms with Crippen LogP contribution in [0.5, 0.6) is 0 Å². The lowest BCUT2D eigenvalue weighted by Crippen LogP contribution is -2.53. The van der Waals surface area contributed by atoms with Gasteiger partial charge in [-0.1, -0.05) is 60.0 Å². The summed E-state index contributed by atoms with van der Waals surface area (Å²) in [5.74, 6) is -0.828. The molecule has 0 unspecified atom stereocenters. The maximum absolute atomic E-state index is 14.0. The summed E-state index contributed by atoms with van der Waals surface area (Å²) in [6.45, 7) is 6.98. The fourth-order valence-electron chi connectivity index (χ4n) is 4.06. The van der Waals surface area contributed by atoms with E-state index in [1.165, 1.54) is 29.2 Å². The standard InChI is InChI=1S/C29H33Cl2N3O4S/c1-5-27(29(36)32-20(2)3)33(18-22-8-10-23(30)11-9-22)28(35)19-34(25-14-6-21(4)7-15-25)39(37,38)26-16-12-24(31)13-17-26/h6-17,20,27H,5,18-19H2,1-4H3,(H,32,36)/t27-/m0/s1. The molecular weight excluding hydrogens is 557 g/mol. The Balaban J connectivity index is 2.05. The van der Waals surface area contributed by atoms with E-state index in [9.17, 15) is 18.0 Å². The van der Waals surface area contributed by atoms with Crippen molar-refractivity contribution in [1.82, 2.24) is 10.2 Å². The maximum atomic E-state index is 14.0. The SMILES string of the molecule is CC[C@@H](C(=O)NC(C)C)N(Cc1ccc(Cl)cc1)C(=O)CN(c1ccc(C)cc1)S(=O)(=O)c1ccc(Cl)cc1. The third-order valence-electron chi connectivity index (χ3n) is 6.09. The average Bonchev–Trinajstić information content (AvgIpc) is 2.88. The van der Waals surface area contributed by atoms with Crippen LogP contribution in [0.25, 0.3) is 0 Å². The Morgan fingerprint density at radius 2 is 1.41 bits per heavy atom. The second-order valence-corrected chi connectivity index (χ2v) is 12.3. The second-order valence-electron chi connectivity index (χ2n) is 9.54. The van der Waals surface area contributed by atoms with Gasteiger partial charge in [0.05, 0.1) is 10.6 Å². The molecule has 1 N–H and O–H groups in total. The molecule has 0 aromatic heterocycles. The van der Waals surface area contributed by atoms with Gasteiger partial charge >= 0.3 is 0 Å². The molecule has 3 rings (SSSR count). The topological polar surface area (TPSA) is 86.8 Å². The molecule has 0 saturated heterocycles. The largest absolute Gasteiger partial charge is 0.352 e. The lowest BCUT2D eigenvalue weighted by Gasteiger charge is -2.33. The summed E-state index contributed by atoms with van der Waals surface area (Å²) in [7, 11) is -4.15. The van der Waals surface area contributed by atoms with Gasteiger partial charge in [-0.05, 0) is 81.3 Å². The average molecular weight is 591 g/mol. The van der Waals surface area contributed by atoms with Gasteiger partial charge in [-0.25, -0.2) is 8.42 Å². The van der Waals surface area contributed by atoms with Gasteiger partial charge in [0.25, 0.3) is 10.0 Å². The van der Waals surface area contributed by atoms with Crippen molar-refractivity contribution in [2.75, 3.05) is 10.8 Å². The Hall–Kier alpha value is -3.07. The number of nitrogens with one attached hydrogen (secondary N) is 1. The van der Waals surface area contributed by atoms with Crippen molar-refractivity contribution in [1.29, 1.82) is 0 Å². The van der Waals surface area contributed by atoms with Crippen molar-refractivity contribution < 1.29 is 18.0 Å². The van der Waals surface area contributed by atoms with Crippen molar-refractivity contribution in [3.8, 4) is 0 Å². The minimum absolute atomic E-state index is 0.00545. The minimum atomic E-state index is -4.15. The summed E-state index contributed by atoms with van der Waals surface area (Å²) in [6.07, 6.45) is 0.340. The fourth-order valence-corrected chi connectivity index (χ4v) is 5.73. The van der Waals surface area contributed by atoms with Gasteiger partial charge in [-0.2, -0.15) is 0 Å². The molecule has 208 valence electrons. The molecule has 39 heavy (non-hydrogen) atoms. The number of rotatable bonds is 11. The third-order valence-corrected chi connectivity index (χ3v) is 8.38. The van der Waals surface area contributed by atoms with Crippen LogP contribution in [0.4, 0.5) is 5.69 Å². The van der Waals surface area contributed by atoms with Gasteiger partial charge < -0.3 is 10.2 Å². The van der Waals surface area contributed by atoms with Gasteiger partial charge in [-0.3, -0.25) is 13.9 Å². The molecule has 0 spiro atoms. The lowest BCUT2D eigenvalue weighted by atomic mass is 10.1. The predicted octanol–water partition coefficient (Wildman–Crippen LogP) is 5.83. The molecule has 2 amide bonds. The van der Waals surface area contributed by atoms with Crippen molar-refractivity contribution in [2.45, 2.75) is 57.6 Å². The van der Waals surface area contributed by atoms with Crippen LogP contribution in [0.1, 0.15) is 38.3 Å². The van der Waals surface area contributed by atoms with Crippen molar-refractivity contribution >= 4 is 50.7 Å². The van der Waals surface area contributed by atoms with E-state index in [4.69, 9.17) is 23.2 Å². The molecular formula is C29H33Cl2N3O4S. The maximum Gasteiger partial charge on any atom is 0.264 e. The number of hydrogen-bond donors (Lipinski definition) is 1. The van der Waals surface area contributed by atoms with E-state index in [2.05, 4.69) is 5.32 Å². The third kappa shape index (κ3) is 7.97. The first-order valence-electron chi connectivity index (χ1n) is 12.6. The number of aryl methyl sites for hydroxylation is 1. The summed E-state index contributed by atoms with van der Waals surface area (Å²) in [6, 6.07) is 18.7. The molecule has 10 heteroatoms. The van der Waals surface area contributed by atoms with Crippen molar-refractivity contribution in [3.05, 3.63) is 94.0 Å². The smallest absolute Gasteiger partial charge is 0.264 e. The van der Waals surface area contributed by atoms with Gasteiger partial charge in [0.2, 0.25) is 11.8 Å². The zero-order valence-electron chi connectivity index (χ0n) is 22.4. The predicted molar refractivity (Wildman–Crippen MR) is 157 cm³/mol. The number of carbonyl (C=O) groups excluding carboxylic acids is 2. The summed E-state index contributed by atoms with van der Waals surface area (Å²) in [5.41, 5.74) is 2.02. The molecule has 1 atom stereocenters. The number of nitrogens with zero attached hydrogens (tertiary/aromatic N) is 2. The Labute approximate surface area is 240 Å². The van der Waals surface area contributed by atoms with E-state index in [0.29, 0.717) is 22.2 Å². The molecule has 0 saturated carbocycles. The molecule has 0 aliphatic rings. The highest BCUT2D eigenvalue weighted by atomic mass is 35.5. The molecule has 0 radical (unpaired) electrons. The zero-order valence-corrected chi connectivity index (χ0v) is 24.7. The molecule has 7 nitrogen and oxygen atoms in total. The molecule has 0 fully saturated rings. The first-order valence-corrected chi connectivity index (χ1v) is 14.8. The summed E-state index contributed by atoms with van der Waals surface area (Å²) >= 11 is 12.0. The number of amides is 2. The molecule has 0 aliphatic heterocycles. The fraction of sp³-hybridized carbons (Fsp3) is 0.310. The van der Waals surface area contributed by atoms with E-state index in [1.54, 1.807) is 48.5 Å². The summed E-state index contributed by atoms with van der Waals surface area (Å²) in [4.78, 5) is 28.6. The van der Waals surface area contributed by atoms with Gasteiger partial charge in [-0.15, -0.1) is 0 Å². The van der Waals surface area contributed by atoms with E-state index in [-0.39, 0.29) is 23.4 Å². The Morgan fingerprint density at radius 1 is 0.872 bits per heavy atom. The van der Waals surface area contributed by atoms with Crippen LogP contribution in [0.15, 0.2) is 77.7 Å². The Morgan fingerprint density at radius 3 is 1.92 bits per heavy atom. The van der Waals surface area contributed by atoms with Crippen LogP contribution in [0.2, 0.25) is 10.0 Å². The van der Waals surface area contributed by atoms with Crippen LogP contribution in [-0.2, 0) is 26.2 Å². The highest BCUT2D eigenvalue weighted by Gasteiger charge is 2.33. The number of sulfonamides is 1. The van der Waals surface area contributed by atoms with Crippen molar-refractivity contribution in [3.63, 3.8) is 0 Å². The Bertz CT molecular complexity index is 1380. The van der Waals surface area contributed by atoms with E-state index in [1.807, 2.05) is 27.7 Å². The Kier molecular flexibility index (Phi) is 10.4. The van der Waals surface area contributed by atoms with E-state index >= 15 is 0 Å². The summed E-state index contributed by atoms with van der Waals surface area (Å²) in [5, 5.41) is 3.81. The molecule has 3 aromatic rings. The quantitative estimate of drug-likeness (QED) is 0.305. The highest BCUT2D eigenvalue weighted by Crippen LogP contribution is 2.26. The van der Waals surface area contributed by atoms with Gasteiger partial charge in [0.15, 0.2) is 0 Å². The van der Waals surface area contributed by atoms with Crippen LogP contribution in [0, 0.1) is 6.92 Å². The first-order chi connectivity index (χ1) is 18.4. The first kappa shape index (κ1) is 30.5.